The van der Waals surface area contributed by atoms with Gasteiger partial charge in [0.2, 0.25) is 0 Å². The number of benzene rings is 1. The number of hydrogen-bond donors (Lipinski definition) is 1. The topological polar surface area (TPSA) is 60.2 Å². The van der Waals surface area contributed by atoms with E-state index in [0.717, 1.165) is 0 Å². The van der Waals surface area contributed by atoms with Gasteiger partial charge in [0.1, 0.15) is 44.0 Å². The summed E-state index contributed by atoms with van der Waals surface area (Å²) in [5.41, 5.74) is -3.56. The molecule has 0 bridgehead atoms. The van der Waals surface area contributed by atoms with Crippen LogP contribution in [0.15, 0.2) is 30.9 Å². The summed E-state index contributed by atoms with van der Waals surface area (Å²) in [5, 5.41) is 15.5. The number of nitrogens with zero attached hydrogens (tertiary/aromatic N) is 3. The van der Waals surface area contributed by atoms with Crippen LogP contribution >= 0.6 is 23.2 Å². The molecule has 132 valence electrons. The van der Waals surface area contributed by atoms with Crippen LogP contribution in [-0.4, -0.2) is 45.4 Å². The van der Waals surface area contributed by atoms with E-state index < -0.39 is 31.0 Å². The number of alkyl halides is 2. The van der Waals surface area contributed by atoms with Crippen LogP contribution in [0.5, 0.6) is 5.75 Å². The van der Waals surface area contributed by atoms with E-state index in [0.29, 0.717) is 5.02 Å². The van der Waals surface area contributed by atoms with Gasteiger partial charge in [-0.1, -0.05) is 30.1 Å². The Balaban J connectivity index is 2.25. The Hall–Kier alpha value is -1.44. The summed E-state index contributed by atoms with van der Waals surface area (Å²) < 4.78 is 33.8. The second kappa shape index (κ2) is 7.63. The van der Waals surface area contributed by atoms with Crippen molar-refractivity contribution in [2.75, 3.05) is 20.0 Å². The highest BCUT2D eigenvalue weighted by Crippen LogP contribution is 2.36. The van der Waals surface area contributed by atoms with Crippen molar-refractivity contribution < 1.29 is 18.6 Å². The predicted octanol–water partition coefficient (Wildman–Crippen LogP) is 3.34. The summed E-state index contributed by atoms with van der Waals surface area (Å²) in [7, 11) is 0. The van der Waals surface area contributed by atoms with Gasteiger partial charge in [-0.3, -0.25) is 8.78 Å². The summed E-state index contributed by atoms with van der Waals surface area (Å²) in [4.78, 5) is 3.76. The number of halogens is 4. The van der Waals surface area contributed by atoms with Crippen molar-refractivity contribution in [2.24, 2.45) is 5.41 Å². The molecular formula is C15H17Cl2F2N3O2. The van der Waals surface area contributed by atoms with Gasteiger partial charge in [0.25, 0.3) is 0 Å². The molecule has 2 rings (SSSR count). The van der Waals surface area contributed by atoms with Crippen molar-refractivity contribution in [1.82, 2.24) is 14.8 Å². The van der Waals surface area contributed by atoms with E-state index in [1.54, 1.807) is 6.07 Å². The van der Waals surface area contributed by atoms with E-state index in [1.165, 1.54) is 36.4 Å². The van der Waals surface area contributed by atoms with Crippen molar-refractivity contribution in [3.05, 3.63) is 40.9 Å². The first-order chi connectivity index (χ1) is 11.3. The van der Waals surface area contributed by atoms with Gasteiger partial charge in [0.15, 0.2) is 0 Å². The lowest BCUT2D eigenvalue weighted by molar-refractivity contribution is -0.132. The molecule has 0 spiro atoms. The van der Waals surface area contributed by atoms with Crippen LogP contribution in [0.2, 0.25) is 10.0 Å². The minimum Gasteiger partial charge on any atom is -0.489 e. The molecule has 1 heterocycles. The van der Waals surface area contributed by atoms with Crippen LogP contribution < -0.4 is 4.74 Å². The zero-order chi connectivity index (χ0) is 17.8. The van der Waals surface area contributed by atoms with Crippen LogP contribution in [-0.2, 0) is 6.54 Å². The first-order valence-corrected chi connectivity index (χ1v) is 7.84. The predicted molar refractivity (Wildman–Crippen MR) is 87.0 cm³/mol. The zero-order valence-corrected chi connectivity index (χ0v) is 14.4. The minimum absolute atomic E-state index is 0.192. The van der Waals surface area contributed by atoms with Gasteiger partial charge in [-0.2, -0.15) is 5.10 Å². The number of ether oxygens (including phenoxy) is 1. The van der Waals surface area contributed by atoms with Crippen LogP contribution in [0, 0.1) is 5.41 Å². The molecular weight excluding hydrogens is 363 g/mol. The Morgan fingerprint density at radius 2 is 2.00 bits per heavy atom. The quantitative estimate of drug-likeness (QED) is 0.763. The van der Waals surface area contributed by atoms with Crippen molar-refractivity contribution in [3.63, 3.8) is 0 Å². The average molecular weight is 380 g/mol. The molecule has 24 heavy (non-hydrogen) atoms. The molecule has 0 saturated carbocycles. The fraction of sp³-hybridized carbons (Fsp3) is 0.467. The van der Waals surface area contributed by atoms with E-state index in [2.05, 4.69) is 10.1 Å². The highest BCUT2D eigenvalue weighted by atomic mass is 35.5. The molecule has 1 atom stereocenters. The molecule has 9 heteroatoms. The summed E-state index contributed by atoms with van der Waals surface area (Å²) in [6.07, 6.45) is 2.61. The largest absolute Gasteiger partial charge is 0.489 e. The Morgan fingerprint density at radius 3 is 2.54 bits per heavy atom. The molecule has 0 radical (unpaired) electrons. The maximum atomic E-state index is 13.5. The van der Waals surface area contributed by atoms with Crippen LogP contribution in [0.3, 0.4) is 0 Å². The van der Waals surface area contributed by atoms with E-state index in [9.17, 15) is 13.9 Å². The minimum atomic E-state index is -1.88. The summed E-state index contributed by atoms with van der Waals surface area (Å²) in [5.74, 6) is 0.248. The van der Waals surface area contributed by atoms with E-state index in [-0.39, 0.29) is 17.3 Å². The van der Waals surface area contributed by atoms with Crippen molar-refractivity contribution in [2.45, 2.75) is 19.1 Å². The third-order valence-corrected chi connectivity index (χ3v) is 4.49. The van der Waals surface area contributed by atoms with Crippen molar-refractivity contribution in [3.8, 4) is 5.75 Å². The molecule has 1 unspecified atom stereocenters. The molecule has 0 aliphatic rings. The fourth-order valence-corrected chi connectivity index (χ4v) is 2.53. The average Bonchev–Trinajstić information content (AvgIpc) is 3.05. The number of aromatic nitrogens is 3. The maximum Gasteiger partial charge on any atom is 0.138 e. The van der Waals surface area contributed by atoms with Crippen LogP contribution in [0.1, 0.15) is 6.92 Å². The third kappa shape index (κ3) is 3.96. The summed E-state index contributed by atoms with van der Waals surface area (Å²) >= 11 is 11.8. The first kappa shape index (κ1) is 18.9. The highest BCUT2D eigenvalue weighted by molar-refractivity contribution is 6.35. The molecule has 5 nitrogen and oxygen atoms in total. The van der Waals surface area contributed by atoms with Gasteiger partial charge >= 0.3 is 0 Å². The molecule has 1 aromatic carbocycles. The van der Waals surface area contributed by atoms with Gasteiger partial charge in [0.05, 0.1) is 17.0 Å². The second-order valence-electron chi connectivity index (χ2n) is 5.82. The van der Waals surface area contributed by atoms with Gasteiger partial charge < -0.3 is 9.84 Å². The second-order valence-corrected chi connectivity index (χ2v) is 6.66. The first-order valence-electron chi connectivity index (χ1n) is 7.08. The zero-order valence-electron chi connectivity index (χ0n) is 12.9. The molecule has 0 fully saturated rings. The van der Waals surface area contributed by atoms with Gasteiger partial charge in [-0.25, -0.2) is 9.67 Å². The van der Waals surface area contributed by atoms with E-state index >= 15 is 0 Å². The van der Waals surface area contributed by atoms with Crippen molar-refractivity contribution in [1.29, 1.82) is 0 Å². The lowest BCUT2D eigenvalue weighted by atomic mass is 9.75. The SMILES string of the molecule is CC(CF)(CF)C(O)(COc1ccc(Cl)cc1Cl)Cn1cncn1. The van der Waals surface area contributed by atoms with Crippen LogP contribution in [0.25, 0.3) is 0 Å². The molecule has 2 aromatic rings. The Kier molecular flexibility index (Phi) is 6.01. The Labute approximate surface area is 148 Å². The lowest BCUT2D eigenvalue weighted by Gasteiger charge is -2.41. The van der Waals surface area contributed by atoms with Gasteiger partial charge in [0, 0.05) is 5.02 Å². The van der Waals surface area contributed by atoms with Gasteiger partial charge in [-0.05, 0) is 18.2 Å². The molecule has 0 amide bonds. The Morgan fingerprint density at radius 1 is 1.29 bits per heavy atom. The monoisotopic (exact) mass is 379 g/mol. The standard InChI is InChI=1S/C15H17Cl2F2N3O2/c1-14(5-18,6-19)15(23,7-22-10-20-9-21-22)8-24-13-3-2-11(16)4-12(13)17/h2-4,9-10,23H,5-8H2,1H3. The number of rotatable bonds is 8. The van der Waals surface area contributed by atoms with Crippen LogP contribution in [0.4, 0.5) is 8.78 Å². The highest BCUT2D eigenvalue weighted by Gasteiger charge is 2.49. The normalized spacial score (nSPS) is 14.4. The summed E-state index contributed by atoms with van der Waals surface area (Å²) in [6.45, 7) is -1.43. The lowest BCUT2D eigenvalue weighted by Crippen LogP contribution is -2.56. The maximum absolute atomic E-state index is 13.5. The van der Waals surface area contributed by atoms with Gasteiger partial charge in [-0.15, -0.1) is 0 Å². The fourth-order valence-electron chi connectivity index (χ4n) is 2.07. The molecule has 0 saturated heterocycles. The third-order valence-electron chi connectivity index (χ3n) is 3.96. The molecule has 0 aliphatic carbocycles. The Bertz CT molecular complexity index is 669. The number of hydrogen-bond acceptors (Lipinski definition) is 4. The smallest absolute Gasteiger partial charge is 0.138 e. The number of aliphatic hydroxyl groups is 1. The van der Waals surface area contributed by atoms with E-state index in [4.69, 9.17) is 27.9 Å². The molecule has 1 N–H and O–H groups in total. The summed E-state index contributed by atoms with van der Waals surface area (Å²) in [6, 6.07) is 4.55. The molecule has 0 aliphatic heterocycles. The van der Waals surface area contributed by atoms with Crippen molar-refractivity contribution >= 4 is 23.2 Å². The molecule has 1 aromatic heterocycles. The van der Waals surface area contributed by atoms with E-state index in [1.807, 2.05) is 0 Å².